The van der Waals surface area contributed by atoms with Gasteiger partial charge in [-0.15, -0.1) is 0 Å². The summed E-state index contributed by atoms with van der Waals surface area (Å²) in [5.74, 6) is -0.278. The number of hydrogen-bond acceptors (Lipinski definition) is 6. The van der Waals surface area contributed by atoms with Gasteiger partial charge in [-0.2, -0.15) is 14.4 Å². The second kappa shape index (κ2) is 8.78. The number of hydrogen-bond donors (Lipinski definition) is 0. The molecule has 0 atom stereocenters. The highest BCUT2D eigenvalue weighted by Crippen LogP contribution is 2.31. The van der Waals surface area contributed by atoms with E-state index in [1.165, 1.54) is 28.2 Å². The number of rotatable bonds is 4. The second-order valence-corrected chi connectivity index (χ2v) is 10.6. The SMILES string of the molecule is CCn1cc(C=C2SC(N3CCN(S(=O)(=O)c4ccc(Cl)cc4)CC3)=NC2=O)c(C)n1. The van der Waals surface area contributed by atoms with Gasteiger partial charge in [0.05, 0.1) is 15.5 Å². The van der Waals surface area contributed by atoms with Crippen LogP contribution in [0.3, 0.4) is 0 Å². The third-order valence-corrected chi connectivity index (χ3v) is 8.37. The first-order chi connectivity index (χ1) is 14.8. The summed E-state index contributed by atoms with van der Waals surface area (Å²) in [6.45, 7) is 6.24. The fourth-order valence-electron chi connectivity index (χ4n) is 3.39. The highest BCUT2D eigenvalue weighted by Gasteiger charge is 2.32. The number of amides is 1. The Kier molecular flexibility index (Phi) is 6.25. The summed E-state index contributed by atoms with van der Waals surface area (Å²) in [5, 5.41) is 5.50. The molecule has 1 fully saturated rings. The van der Waals surface area contributed by atoms with Crippen LogP contribution in [-0.2, 0) is 21.4 Å². The molecule has 2 aliphatic heterocycles. The second-order valence-electron chi connectivity index (χ2n) is 7.18. The van der Waals surface area contributed by atoms with Crippen molar-refractivity contribution in [2.24, 2.45) is 4.99 Å². The van der Waals surface area contributed by atoms with Gasteiger partial charge in [-0.25, -0.2) is 8.42 Å². The largest absolute Gasteiger partial charge is 0.348 e. The number of carbonyl (C=O) groups excluding carboxylic acids is 1. The van der Waals surface area contributed by atoms with E-state index in [1.54, 1.807) is 12.1 Å². The summed E-state index contributed by atoms with van der Waals surface area (Å²) in [6, 6.07) is 6.17. The Morgan fingerprint density at radius 1 is 1.16 bits per heavy atom. The van der Waals surface area contributed by atoms with Crippen molar-refractivity contribution >= 4 is 50.5 Å². The van der Waals surface area contributed by atoms with Crippen LogP contribution in [0.25, 0.3) is 6.08 Å². The number of aromatic nitrogens is 2. The number of piperazine rings is 1. The first-order valence-corrected chi connectivity index (χ1v) is 12.5. The molecule has 0 aliphatic carbocycles. The Labute approximate surface area is 190 Å². The van der Waals surface area contributed by atoms with Crippen LogP contribution in [0.2, 0.25) is 5.02 Å². The summed E-state index contributed by atoms with van der Waals surface area (Å²) in [6.07, 6.45) is 3.73. The van der Waals surface area contributed by atoms with Crippen molar-refractivity contribution in [3.63, 3.8) is 0 Å². The van der Waals surface area contributed by atoms with E-state index in [9.17, 15) is 13.2 Å². The van der Waals surface area contributed by atoms with Crippen molar-refractivity contribution in [3.05, 3.63) is 51.6 Å². The fourth-order valence-corrected chi connectivity index (χ4v) is 5.89. The number of nitrogens with zero attached hydrogens (tertiary/aromatic N) is 5. The van der Waals surface area contributed by atoms with E-state index in [1.807, 2.05) is 35.7 Å². The van der Waals surface area contributed by atoms with Crippen LogP contribution in [0, 0.1) is 6.92 Å². The van der Waals surface area contributed by atoms with E-state index in [0.29, 0.717) is 41.3 Å². The maximum absolute atomic E-state index is 12.9. The van der Waals surface area contributed by atoms with Gasteiger partial charge in [0.1, 0.15) is 0 Å². The van der Waals surface area contributed by atoms with E-state index in [4.69, 9.17) is 11.6 Å². The van der Waals surface area contributed by atoms with E-state index in [0.717, 1.165) is 17.8 Å². The number of aryl methyl sites for hydroxylation is 2. The predicted octanol–water partition coefficient (Wildman–Crippen LogP) is 2.84. The number of aliphatic imine (C=N–C) groups is 1. The zero-order chi connectivity index (χ0) is 22.2. The van der Waals surface area contributed by atoms with Gasteiger partial charge in [0.2, 0.25) is 10.0 Å². The molecule has 0 bridgehead atoms. The first kappa shape index (κ1) is 22.1. The van der Waals surface area contributed by atoms with Gasteiger partial charge >= 0.3 is 0 Å². The molecule has 164 valence electrons. The zero-order valence-electron chi connectivity index (χ0n) is 17.2. The van der Waals surface area contributed by atoms with Crippen LogP contribution in [0.15, 0.2) is 45.3 Å². The minimum atomic E-state index is -3.58. The number of benzene rings is 1. The van der Waals surface area contributed by atoms with Gasteiger partial charge in [0, 0.05) is 49.5 Å². The number of halogens is 1. The molecule has 11 heteroatoms. The summed E-state index contributed by atoms with van der Waals surface area (Å²) in [7, 11) is -3.58. The van der Waals surface area contributed by atoms with Gasteiger partial charge in [0.15, 0.2) is 5.17 Å². The summed E-state index contributed by atoms with van der Waals surface area (Å²) in [4.78, 5) is 19.3. The maximum Gasteiger partial charge on any atom is 0.286 e. The van der Waals surface area contributed by atoms with Crippen molar-refractivity contribution < 1.29 is 13.2 Å². The van der Waals surface area contributed by atoms with Gasteiger partial charge in [-0.1, -0.05) is 11.6 Å². The molecule has 0 saturated carbocycles. The van der Waals surface area contributed by atoms with Crippen LogP contribution in [0.1, 0.15) is 18.2 Å². The van der Waals surface area contributed by atoms with Gasteiger partial charge < -0.3 is 4.90 Å². The molecule has 31 heavy (non-hydrogen) atoms. The molecule has 2 aliphatic rings. The number of carbonyl (C=O) groups is 1. The van der Waals surface area contributed by atoms with Crippen LogP contribution >= 0.6 is 23.4 Å². The molecule has 2 aromatic rings. The van der Waals surface area contributed by atoms with Gasteiger partial charge in [-0.3, -0.25) is 9.48 Å². The minimum Gasteiger partial charge on any atom is -0.348 e. The lowest BCUT2D eigenvalue weighted by Crippen LogP contribution is -2.49. The Hall–Kier alpha value is -2.14. The third kappa shape index (κ3) is 4.57. The molecular formula is C20H22ClN5O3S2. The van der Waals surface area contributed by atoms with Crippen molar-refractivity contribution in [3.8, 4) is 0 Å². The third-order valence-electron chi connectivity index (χ3n) is 5.16. The molecule has 1 saturated heterocycles. The van der Waals surface area contributed by atoms with E-state index in [2.05, 4.69) is 10.1 Å². The summed E-state index contributed by atoms with van der Waals surface area (Å²) >= 11 is 7.18. The van der Waals surface area contributed by atoms with Crippen LogP contribution in [-0.4, -0.2) is 64.7 Å². The van der Waals surface area contributed by atoms with Gasteiger partial charge in [-0.05, 0) is 56.0 Å². The lowest BCUT2D eigenvalue weighted by molar-refractivity contribution is -0.113. The Bertz CT molecular complexity index is 1160. The lowest BCUT2D eigenvalue weighted by atomic mass is 10.2. The Morgan fingerprint density at radius 3 is 2.45 bits per heavy atom. The Balaban J connectivity index is 1.42. The predicted molar refractivity (Wildman–Crippen MR) is 122 cm³/mol. The lowest BCUT2D eigenvalue weighted by Gasteiger charge is -2.34. The highest BCUT2D eigenvalue weighted by atomic mass is 35.5. The molecule has 0 unspecified atom stereocenters. The minimum absolute atomic E-state index is 0.223. The fraction of sp³-hybridized carbons (Fsp3) is 0.350. The van der Waals surface area contributed by atoms with E-state index < -0.39 is 10.0 Å². The number of thioether (sulfide) groups is 1. The molecule has 8 nitrogen and oxygen atoms in total. The molecule has 0 radical (unpaired) electrons. The average Bonchev–Trinajstić information content (AvgIpc) is 3.31. The van der Waals surface area contributed by atoms with E-state index in [-0.39, 0.29) is 10.8 Å². The molecule has 3 heterocycles. The molecule has 1 amide bonds. The molecular weight excluding hydrogens is 458 g/mol. The maximum atomic E-state index is 12.9. The first-order valence-electron chi connectivity index (χ1n) is 9.85. The standard InChI is InChI=1S/C20H22ClN5O3S2/c1-3-25-13-15(14(2)23-25)12-18-19(27)22-20(30-18)24-8-10-26(11-9-24)31(28,29)17-6-4-16(21)5-7-17/h4-7,12-13H,3,8-11H2,1-2H3. The molecule has 1 aromatic carbocycles. The van der Waals surface area contributed by atoms with Crippen molar-refractivity contribution in [2.45, 2.75) is 25.3 Å². The zero-order valence-corrected chi connectivity index (χ0v) is 19.5. The topological polar surface area (TPSA) is 87.9 Å². The molecule has 0 spiro atoms. The molecule has 4 rings (SSSR count). The van der Waals surface area contributed by atoms with Crippen LogP contribution in [0.5, 0.6) is 0 Å². The van der Waals surface area contributed by atoms with Crippen molar-refractivity contribution in [2.75, 3.05) is 26.2 Å². The molecule has 1 aromatic heterocycles. The van der Waals surface area contributed by atoms with Crippen LogP contribution < -0.4 is 0 Å². The monoisotopic (exact) mass is 479 g/mol. The van der Waals surface area contributed by atoms with Crippen LogP contribution in [0.4, 0.5) is 0 Å². The smallest absolute Gasteiger partial charge is 0.286 e. The normalized spacial score (nSPS) is 19.3. The number of amidine groups is 1. The quantitative estimate of drug-likeness (QED) is 0.626. The van der Waals surface area contributed by atoms with Crippen molar-refractivity contribution in [1.29, 1.82) is 0 Å². The van der Waals surface area contributed by atoms with Gasteiger partial charge in [0.25, 0.3) is 5.91 Å². The summed E-state index contributed by atoms with van der Waals surface area (Å²) < 4.78 is 29.0. The average molecular weight is 480 g/mol. The van der Waals surface area contributed by atoms with E-state index >= 15 is 0 Å². The number of sulfonamides is 1. The molecule has 0 N–H and O–H groups in total. The Morgan fingerprint density at radius 2 is 1.84 bits per heavy atom. The summed E-state index contributed by atoms with van der Waals surface area (Å²) in [5.41, 5.74) is 1.75. The highest BCUT2D eigenvalue weighted by molar-refractivity contribution is 8.18. The van der Waals surface area contributed by atoms with Crippen molar-refractivity contribution in [1.82, 2.24) is 19.0 Å².